The Hall–Kier alpha value is -4.24. The van der Waals surface area contributed by atoms with Crippen LogP contribution in [0, 0.1) is 5.82 Å². The summed E-state index contributed by atoms with van der Waals surface area (Å²) < 4.78 is 26.2. The van der Waals surface area contributed by atoms with Gasteiger partial charge in [-0.1, -0.05) is 29.5 Å². The van der Waals surface area contributed by atoms with E-state index < -0.39 is 29.3 Å². The van der Waals surface area contributed by atoms with Crippen LogP contribution in [0.4, 0.5) is 9.52 Å². The van der Waals surface area contributed by atoms with E-state index in [0.29, 0.717) is 22.6 Å². The molecule has 5 rings (SSSR count). The number of anilines is 1. The van der Waals surface area contributed by atoms with Crippen molar-refractivity contribution in [1.29, 1.82) is 0 Å². The molecule has 9 heteroatoms. The fourth-order valence-electron chi connectivity index (χ4n) is 4.05. The van der Waals surface area contributed by atoms with E-state index in [1.165, 1.54) is 36.6 Å². The maximum atomic E-state index is 15.0. The van der Waals surface area contributed by atoms with Crippen molar-refractivity contribution < 1.29 is 28.6 Å². The molecule has 0 spiro atoms. The second kappa shape index (κ2) is 8.84. The SMILES string of the molecule is COc1ccc(C(O)=C2C(=O)C(=O)N(c3nc4ccc(OC)cc4s3)[C@@H]2c2ccccc2F)cc1. The number of methoxy groups -OCH3 is 2. The Morgan fingerprint density at radius 2 is 1.69 bits per heavy atom. The van der Waals surface area contributed by atoms with Gasteiger partial charge in [-0.25, -0.2) is 9.37 Å². The number of hydrogen-bond acceptors (Lipinski definition) is 7. The number of aliphatic hydroxyl groups excluding tert-OH is 1. The summed E-state index contributed by atoms with van der Waals surface area (Å²) >= 11 is 1.17. The molecule has 0 saturated carbocycles. The summed E-state index contributed by atoms with van der Waals surface area (Å²) in [4.78, 5) is 32.2. The molecule has 3 aromatic carbocycles. The largest absolute Gasteiger partial charge is 0.507 e. The molecule has 1 amide bonds. The number of aliphatic hydroxyl groups is 1. The first-order chi connectivity index (χ1) is 16.9. The lowest BCUT2D eigenvalue weighted by molar-refractivity contribution is -0.132. The number of carbonyl (C=O) groups is 2. The Bertz CT molecular complexity index is 1500. The highest BCUT2D eigenvalue weighted by Crippen LogP contribution is 2.45. The highest BCUT2D eigenvalue weighted by molar-refractivity contribution is 7.22. The van der Waals surface area contributed by atoms with Crippen molar-refractivity contribution >= 4 is 44.1 Å². The van der Waals surface area contributed by atoms with Crippen LogP contribution in [0.15, 0.2) is 72.3 Å². The minimum atomic E-state index is -1.21. The Kier molecular flexibility index (Phi) is 5.70. The van der Waals surface area contributed by atoms with E-state index >= 15 is 4.39 Å². The summed E-state index contributed by atoms with van der Waals surface area (Å²) in [6.07, 6.45) is 0. The molecule has 1 fully saturated rings. The van der Waals surface area contributed by atoms with Crippen LogP contribution in [0.3, 0.4) is 0 Å². The number of carbonyl (C=O) groups excluding carboxylic acids is 2. The summed E-state index contributed by atoms with van der Waals surface area (Å²) in [5.74, 6) is -1.70. The Morgan fingerprint density at radius 3 is 2.37 bits per heavy atom. The zero-order valence-electron chi connectivity index (χ0n) is 18.7. The van der Waals surface area contributed by atoms with Gasteiger partial charge in [0.1, 0.15) is 29.1 Å². The molecule has 0 unspecified atom stereocenters. The average molecular weight is 491 g/mol. The quantitative estimate of drug-likeness (QED) is 0.239. The summed E-state index contributed by atoms with van der Waals surface area (Å²) in [7, 11) is 3.05. The third kappa shape index (κ3) is 3.79. The Labute approximate surface area is 203 Å². The predicted octanol–water partition coefficient (Wildman–Crippen LogP) is 5.08. The summed E-state index contributed by atoms with van der Waals surface area (Å²) in [6.45, 7) is 0. The number of aromatic nitrogens is 1. The molecule has 1 aliphatic rings. The number of halogens is 1. The molecule has 0 bridgehead atoms. The summed E-state index contributed by atoms with van der Waals surface area (Å²) in [5, 5.41) is 11.4. The molecular formula is C26H19FN2O5S. The van der Waals surface area contributed by atoms with Gasteiger partial charge < -0.3 is 14.6 Å². The molecule has 4 aromatic rings. The van der Waals surface area contributed by atoms with Crippen molar-refractivity contribution in [3.8, 4) is 11.5 Å². The van der Waals surface area contributed by atoms with Crippen molar-refractivity contribution in [2.75, 3.05) is 19.1 Å². The number of hydrogen-bond donors (Lipinski definition) is 1. The molecular weight excluding hydrogens is 471 g/mol. The fourth-order valence-corrected chi connectivity index (χ4v) is 5.07. The van der Waals surface area contributed by atoms with E-state index in [-0.39, 0.29) is 16.3 Å². The van der Waals surface area contributed by atoms with E-state index in [4.69, 9.17) is 9.47 Å². The second-order valence-electron chi connectivity index (χ2n) is 7.75. The first kappa shape index (κ1) is 22.5. The van der Waals surface area contributed by atoms with Gasteiger partial charge in [-0.2, -0.15) is 0 Å². The lowest BCUT2D eigenvalue weighted by Crippen LogP contribution is -2.29. The van der Waals surface area contributed by atoms with Crippen LogP contribution >= 0.6 is 11.3 Å². The maximum absolute atomic E-state index is 15.0. The van der Waals surface area contributed by atoms with Gasteiger partial charge in [0.2, 0.25) is 0 Å². The number of Topliss-reactive ketones (excluding diaryl/α,β-unsaturated/α-hetero) is 1. The van der Waals surface area contributed by atoms with Crippen molar-refractivity contribution in [2.45, 2.75) is 6.04 Å². The maximum Gasteiger partial charge on any atom is 0.301 e. The molecule has 1 atom stereocenters. The van der Waals surface area contributed by atoms with Crippen LogP contribution in [0.5, 0.6) is 11.5 Å². The van der Waals surface area contributed by atoms with Gasteiger partial charge in [0, 0.05) is 11.1 Å². The lowest BCUT2D eigenvalue weighted by Gasteiger charge is -2.23. The molecule has 1 aliphatic heterocycles. The number of thiazole rings is 1. The minimum Gasteiger partial charge on any atom is -0.507 e. The van der Waals surface area contributed by atoms with E-state index in [1.54, 1.807) is 55.6 Å². The fraction of sp³-hybridized carbons (Fsp3) is 0.115. The minimum absolute atomic E-state index is 0.0681. The van der Waals surface area contributed by atoms with Crippen LogP contribution in [0.1, 0.15) is 17.2 Å². The number of benzene rings is 3. The summed E-state index contributed by atoms with van der Waals surface area (Å²) in [6, 6.07) is 16.2. The molecule has 7 nitrogen and oxygen atoms in total. The number of nitrogens with zero attached hydrogens (tertiary/aromatic N) is 2. The van der Waals surface area contributed by atoms with Gasteiger partial charge in [-0.05, 0) is 48.5 Å². The zero-order valence-corrected chi connectivity index (χ0v) is 19.5. The van der Waals surface area contributed by atoms with Crippen molar-refractivity contribution in [2.24, 2.45) is 0 Å². The topological polar surface area (TPSA) is 89.0 Å². The van der Waals surface area contributed by atoms with Crippen LogP contribution < -0.4 is 14.4 Å². The van der Waals surface area contributed by atoms with Crippen molar-refractivity contribution in [1.82, 2.24) is 4.98 Å². The second-order valence-corrected chi connectivity index (χ2v) is 8.76. The highest BCUT2D eigenvalue weighted by atomic mass is 32.1. The number of fused-ring (bicyclic) bond motifs is 1. The van der Waals surface area contributed by atoms with Gasteiger partial charge in [0.15, 0.2) is 5.13 Å². The standard InChI is InChI=1S/C26H19FN2O5S/c1-33-15-9-7-14(8-10-15)23(30)21-22(17-5-3-4-6-18(17)27)29(25(32)24(21)31)26-28-19-12-11-16(34-2)13-20(19)35-26/h3-13,22,30H,1-2H3/t22-/m1/s1. The van der Waals surface area contributed by atoms with Crippen LogP contribution in [-0.2, 0) is 9.59 Å². The van der Waals surface area contributed by atoms with Crippen molar-refractivity contribution in [3.05, 3.63) is 89.2 Å². The van der Waals surface area contributed by atoms with Gasteiger partial charge >= 0.3 is 5.91 Å². The number of ether oxygens (including phenoxy) is 2. The number of rotatable bonds is 5. The molecule has 2 heterocycles. The smallest absolute Gasteiger partial charge is 0.301 e. The zero-order chi connectivity index (χ0) is 24.7. The normalized spacial score (nSPS) is 17.2. The number of amides is 1. The lowest BCUT2D eigenvalue weighted by atomic mass is 9.95. The van der Waals surface area contributed by atoms with E-state index in [0.717, 1.165) is 9.60 Å². The van der Waals surface area contributed by atoms with Crippen LogP contribution in [0.25, 0.3) is 16.0 Å². The van der Waals surface area contributed by atoms with E-state index in [2.05, 4.69) is 4.98 Å². The Morgan fingerprint density at radius 1 is 1.00 bits per heavy atom. The van der Waals surface area contributed by atoms with Gasteiger partial charge in [-0.3, -0.25) is 14.5 Å². The first-order valence-corrected chi connectivity index (χ1v) is 11.4. The van der Waals surface area contributed by atoms with E-state index in [9.17, 15) is 14.7 Å². The number of ketones is 1. The molecule has 1 saturated heterocycles. The molecule has 176 valence electrons. The van der Waals surface area contributed by atoms with Crippen molar-refractivity contribution in [3.63, 3.8) is 0 Å². The van der Waals surface area contributed by atoms with Crippen LogP contribution in [-0.4, -0.2) is 36.0 Å². The van der Waals surface area contributed by atoms with Crippen LogP contribution in [0.2, 0.25) is 0 Å². The molecule has 1 aromatic heterocycles. The Balaban J connectivity index is 1.72. The molecule has 1 N–H and O–H groups in total. The molecule has 0 aliphatic carbocycles. The molecule has 35 heavy (non-hydrogen) atoms. The third-order valence-corrected chi connectivity index (χ3v) is 6.82. The van der Waals surface area contributed by atoms with Gasteiger partial charge in [0.05, 0.1) is 30.0 Å². The van der Waals surface area contributed by atoms with Gasteiger partial charge in [-0.15, -0.1) is 0 Å². The monoisotopic (exact) mass is 490 g/mol. The van der Waals surface area contributed by atoms with E-state index in [1.807, 2.05) is 0 Å². The highest BCUT2D eigenvalue weighted by Gasteiger charge is 2.49. The molecule has 0 radical (unpaired) electrons. The predicted molar refractivity (Wildman–Crippen MR) is 130 cm³/mol. The summed E-state index contributed by atoms with van der Waals surface area (Å²) in [5.41, 5.74) is 0.731. The average Bonchev–Trinajstić information content (AvgIpc) is 3.41. The van der Waals surface area contributed by atoms with Gasteiger partial charge in [0.25, 0.3) is 5.78 Å². The first-order valence-electron chi connectivity index (χ1n) is 10.6. The third-order valence-electron chi connectivity index (χ3n) is 5.80.